The van der Waals surface area contributed by atoms with Crippen molar-refractivity contribution >= 4 is 33.5 Å². The average molecular weight is 347 g/mol. The van der Waals surface area contributed by atoms with Crippen LogP contribution in [0, 0.1) is 16.3 Å². The van der Waals surface area contributed by atoms with Crippen LogP contribution in [-0.4, -0.2) is 19.2 Å². The summed E-state index contributed by atoms with van der Waals surface area (Å²) < 4.78 is 24.8. The summed E-state index contributed by atoms with van der Waals surface area (Å²) in [5, 5.41) is 0.654. The molecule has 1 aromatic carbocycles. The molecule has 90 valence electrons. The van der Waals surface area contributed by atoms with E-state index in [-0.39, 0.29) is 5.75 Å². The number of fused-ring (bicyclic) bond motifs is 1. The monoisotopic (exact) mass is 347 g/mol. The molecule has 0 unspecified atom stereocenters. The lowest BCUT2D eigenvalue weighted by atomic mass is 10.1. The van der Waals surface area contributed by atoms with Gasteiger partial charge in [-0.25, -0.2) is 4.39 Å². The number of pyridine rings is 1. The second kappa shape index (κ2) is 4.64. The standard InChI is InChI=1S/C12H11FINO2/c1-6-11(14)12(17-3)7-4-8(13)10(16-2)5-9(7)15-6/h4-5H,1-3H3. The Labute approximate surface area is 112 Å². The minimum absolute atomic E-state index is 0.188. The molecular weight excluding hydrogens is 336 g/mol. The highest BCUT2D eigenvalue weighted by Crippen LogP contribution is 2.34. The molecule has 0 spiro atoms. The molecule has 0 aliphatic heterocycles. The van der Waals surface area contributed by atoms with Crippen LogP contribution in [0.15, 0.2) is 12.1 Å². The Hall–Kier alpha value is -1.11. The van der Waals surface area contributed by atoms with Crippen LogP contribution in [0.2, 0.25) is 0 Å². The highest BCUT2D eigenvalue weighted by molar-refractivity contribution is 14.1. The summed E-state index contributed by atoms with van der Waals surface area (Å²) >= 11 is 2.14. The Morgan fingerprint density at radius 3 is 2.53 bits per heavy atom. The molecule has 0 bridgehead atoms. The third kappa shape index (κ3) is 2.03. The Balaban J connectivity index is 2.86. The Kier molecular flexibility index (Phi) is 3.37. The van der Waals surface area contributed by atoms with E-state index in [1.165, 1.54) is 13.2 Å². The zero-order chi connectivity index (χ0) is 12.6. The summed E-state index contributed by atoms with van der Waals surface area (Å²) in [6.45, 7) is 1.89. The number of nitrogens with zero attached hydrogens (tertiary/aromatic N) is 1. The normalized spacial score (nSPS) is 10.6. The average Bonchev–Trinajstić information content (AvgIpc) is 2.31. The molecular formula is C12H11FINO2. The number of rotatable bonds is 2. The van der Waals surface area contributed by atoms with Crippen molar-refractivity contribution in [2.24, 2.45) is 0 Å². The molecule has 0 fully saturated rings. The summed E-state index contributed by atoms with van der Waals surface area (Å²) in [5.41, 5.74) is 1.52. The van der Waals surface area contributed by atoms with Gasteiger partial charge in [-0.15, -0.1) is 0 Å². The topological polar surface area (TPSA) is 31.4 Å². The van der Waals surface area contributed by atoms with Gasteiger partial charge >= 0.3 is 0 Å². The highest BCUT2D eigenvalue weighted by atomic mass is 127. The third-order valence-corrected chi connectivity index (χ3v) is 3.79. The largest absolute Gasteiger partial charge is 0.495 e. The Bertz CT molecular complexity index is 586. The minimum Gasteiger partial charge on any atom is -0.495 e. The van der Waals surface area contributed by atoms with Crippen molar-refractivity contribution in [1.82, 2.24) is 4.98 Å². The molecule has 0 aliphatic carbocycles. The van der Waals surface area contributed by atoms with Crippen molar-refractivity contribution in [3.63, 3.8) is 0 Å². The molecule has 5 heteroatoms. The first-order valence-corrected chi connectivity index (χ1v) is 6.03. The van der Waals surface area contributed by atoms with Crippen LogP contribution in [0.1, 0.15) is 5.69 Å². The van der Waals surface area contributed by atoms with Crippen LogP contribution in [0.5, 0.6) is 11.5 Å². The van der Waals surface area contributed by atoms with E-state index in [1.54, 1.807) is 13.2 Å². The molecule has 2 aromatic rings. The maximum absolute atomic E-state index is 13.7. The van der Waals surface area contributed by atoms with Crippen LogP contribution < -0.4 is 9.47 Å². The van der Waals surface area contributed by atoms with Gasteiger partial charge in [0.15, 0.2) is 11.6 Å². The van der Waals surface area contributed by atoms with Crippen LogP contribution in [0.4, 0.5) is 4.39 Å². The predicted molar refractivity (Wildman–Crippen MR) is 72.3 cm³/mol. The van der Waals surface area contributed by atoms with E-state index in [2.05, 4.69) is 27.6 Å². The lowest BCUT2D eigenvalue weighted by Crippen LogP contribution is -1.97. The Morgan fingerprint density at radius 1 is 1.24 bits per heavy atom. The zero-order valence-corrected chi connectivity index (χ0v) is 11.8. The summed E-state index contributed by atoms with van der Waals surface area (Å²) in [6, 6.07) is 2.97. The number of hydrogen-bond donors (Lipinski definition) is 0. The Morgan fingerprint density at radius 2 is 1.94 bits per heavy atom. The highest BCUT2D eigenvalue weighted by Gasteiger charge is 2.14. The summed E-state index contributed by atoms with van der Waals surface area (Å²) in [4.78, 5) is 4.40. The molecule has 0 radical (unpaired) electrons. The second-order valence-corrected chi connectivity index (χ2v) is 4.63. The van der Waals surface area contributed by atoms with Crippen molar-refractivity contribution < 1.29 is 13.9 Å². The first-order chi connectivity index (χ1) is 8.08. The van der Waals surface area contributed by atoms with Gasteiger partial charge in [-0.3, -0.25) is 4.98 Å². The fourth-order valence-corrected chi connectivity index (χ4v) is 2.32. The molecule has 1 heterocycles. The first kappa shape index (κ1) is 12.3. The number of hydrogen-bond acceptors (Lipinski definition) is 3. The number of aryl methyl sites for hydroxylation is 1. The number of aromatic nitrogens is 1. The molecule has 0 saturated carbocycles. The maximum atomic E-state index is 13.7. The summed E-state index contributed by atoms with van der Waals surface area (Å²) in [6.07, 6.45) is 0. The molecule has 0 amide bonds. The van der Waals surface area contributed by atoms with Gasteiger partial charge in [-0.05, 0) is 35.6 Å². The SMILES string of the molecule is COc1cc2nc(C)c(I)c(OC)c2cc1F. The van der Waals surface area contributed by atoms with Crippen LogP contribution >= 0.6 is 22.6 Å². The van der Waals surface area contributed by atoms with Crippen molar-refractivity contribution in [1.29, 1.82) is 0 Å². The predicted octanol–water partition coefficient (Wildman–Crippen LogP) is 3.30. The molecule has 0 aliphatic rings. The smallest absolute Gasteiger partial charge is 0.165 e. The number of halogens is 2. The first-order valence-electron chi connectivity index (χ1n) is 4.95. The number of benzene rings is 1. The van der Waals surface area contributed by atoms with Crippen molar-refractivity contribution in [2.45, 2.75) is 6.92 Å². The van der Waals surface area contributed by atoms with Gasteiger partial charge in [0.1, 0.15) is 5.75 Å². The van der Waals surface area contributed by atoms with E-state index < -0.39 is 5.82 Å². The quantitative estimate of drug-likeness (QED) is 0.782. The third-order valence-electron chi connectivity index (χ3n) is 2.52. The van der Waals surface area contributed by atoms with Crippen molar-refractivity contribution in [3.8, 4) is 11.5 Å². The lowest BCUT2D eigenvalue weighted by molar-refractivity contribution is 0.386. The van der Waals surface area contributed by atoms with E-state index in [4.69, 9.17) is 9.47 Å². The van der Waals surface area contributed by atoms with Gasteiger partial charge in [0.25, 0.3) is 0 Å². The van der Waals surface area contributed by atoms with Crippen molar-refractivity contribution in [3.05, 3.63) is 27.2 Å². The van der Waals surface area contributed by atoms with E-state index in [0.29, 0.717) is 16.7 Å². The number of ether oxygens (including phenoxy) is 2. The maximum Gasteiger partial charge on any atom is 0.165 e. The molecule has 2 rings (SSSR count). The van der Waals surface area contributed by atoms with Gasteiger partial charge in [0, 0.05) is 11.5 Å². The zero-order valence-electron chi connectivity index (χ0n) is 9.67. The summed E-state index contributed by atoms with van der Waals surface area (Å²) in [7, 11) is 3.00. The van der Waals surface area contributed by atoms with Gasteiger partial charge in [0.2, 0.25) is 0 Å². The minimum atomic E-state index is -0.417. The molecule has 0 N–H and O–H groups in total. The molecule has 0 saturated heterocycles. The summed E-state index contributed by atoms with van der Waals surface area (Å²) in [5.74, 6) is 0.419. The van der Waals surface area contributed by atoms with E-state index in [1.807, 2.05) is 6.92 Å². The van der Waals surface area contributed by atoms with Crippen LogP contribution in [0.3, 0.4) is 0 Å². The fraction of sp³-hybridized carbons (Fsp3) is 0.250. The molecule has 17 heavy (non-hydrogen) atoms. The molecule has 3 nitrogen and oxygen atoms in total. The van der Waals surface area contributed by atoms with E-state index in [0.717, 1.165) is 9.26 Å². The van der Waals surface area contributed by atoms with Gasteiger partial charge in [0.05, 0.1) is 29.0 Å². The van der Waals surface area contributed by atoms with E-state index >= 15 is 0 Å². The second-order valence-electron chi connectivity index (χ2n) is 3.55. The fourth-order valence-electron chi connectivity index (χ4n) is 1.69. The van der Waals surface area contributed by atoms with Gasteiger partial charge in [-0.1, -0.05) is 0 Å². The van der Waals surface area contributed by atoms with Crippen LogP contribution in [-0.2, 0) is 0 Å². The molecule has 0 atom stereocenters. The number of methoxy groups -OCH3 is 2. The molecule has 1 aromatic heterocycles. The van der Waals surface area contributed by atoms with Crippen molar-refractivity contribution in [2.75, 3.05) is 14.2 Å². The van der Waals surface area contributed by atoms with E-state index in [9.17, 15) is 4.39 Å². The van der Waals surface area contributed by atoms with Gasteiger partial charge < -0.3 is 9.47 Å². The van der Waals surface area contributed by atoms with Gasteiger partial charge in [-0.2, -0.15) is 0 Å². The van der Waals surface area contributed by atoms with Crippen LogP contribution in [0.25, 0.3) is 10.9 Å². The lowest BCUT2D eigenvalue weighted by Gasteiger charge is -2.11.